The zero-order valence-corrected chi connectivity index (χ0v) is 9.26. The van der Waals surface area contributed by atoms with Crippen LogP contribution in [0.25, 0.3) is 0 Å². The van der Waals surface area contributed by atoms with E-state index in [0.717, 1.165) is 12.8 Å². The van der Waals surface area contributed by atoms with Gasteiger partial charge in [-0.1, -0.05) is 26.0 Å². The van der Waals surface area contributed by atoms with E-state index < -0.39 is 5.60 Å². The van der Waals surface area contributed by atoms with Crippen molar-refractivity contribution in [1.82, 2.24) is 0 Å². The highest BCUT2D eigenvalue weighted by Crippen LogP contribution is 2.48. The lowest BCUT2D eigenvalue weighted by Gasteiger charge is -2.25. The summed E-state index contributed by atoms with van der Waals surface area (Å²) in [5.41, 5.74) is 0.0419. The van der Waals surface area contributed by atoms with Gasteiger partial charge in [0.15, 0.2) is 0 Å². The van der Waals surface area contributed by atoms with Gasteiger partial charge in [0.05, 0.1) is 5.60 Å². The molecule has 1 aromatic rings. The highest BCUT2D eigenvalue weighted by atomic mass is 19.1. The van der Waals surface area contributed by atoms with Crippen LogP contribution in [0.3, 0.4) is 0 Å². The van der Waals surface area contributed by atoms with E-state index in [-0.39, 0.29) is 11.2 Å². The van der Waals surface area contributed by atoms with Crippen LogP contribution in [0.5, 0.6) is 0 Å². The lowest BCUT2D eigenvalue weighted by atomic mass is 9.86. The molecule has 0 aliphatic heterocycles. The highest BCUT2D eigenvalue weighted by Gasteiger charge is 2.42. The Balaban J connectivity index is 2.31. The van der Waals surface area contributed by atoms with Crippen molar-refractivity contribution in [2.45, 2.75) is 38.7 Å². The summed E-state index contributed by atoms with van der Waals surface area (Å²) in [7, 11) is 0. The fourth-order valence-electron chi connectivity index (χ4n) is 2.54. The number of halogens is 1. The molecule has 1 aromatic carbocycles. The molecule has 1 fully saturated rings. The molecule has 15 heavy (non-hydrogen) atoms. The third-order valence-electron chi connectivity index (χ3n) is 3.35. The van der Waals surface area contributed by atoms with E-state index in [1.54, 1.807) is 6.07 Å². The smallest absolute Gasteiger partial charge is 0.123 e. The van der Waals surface area contributed by atoms with Crippen molar-refractivity contribution in [2.75, 3.05) is 0 Å². The van der Waals surface area contributed by atoms with Crippen molar-refractivity contribution >= 4 is 0 Å². The molecular formula is C13H17FO. The minimum Gasteiger partial charge on any atom is -0.385 e. The molecule has 82 valence electrons. The van der Waals surface area contributed by atoms with E-state index in [2.05, 4.69) is 13.8 Å². The van der Waals surface area contributed by atoms with Crippen molar-refractivity contribution in [3.63, 3.8) is 0 Å². The Hall–Kier alpha value is -0.890. The minimum absolute atomic E-state index is 0.154. The summed E-state index contributed by atoms with van der Waals surface area (Å²) < 4.78 is 13.1. The van der Waals surface area contributed by atoms with Gasteiger partial charge in [-0.05, 0) is 42.4 Å². The quantitative estimate of drug-likeness (QED) is 0.751. The fraction of sp³-hybridized carbons (Fsp3) is 0.538. The fourth-order valence-corrected chi connectivity index (χ4v) is 2.54. The molecule has 0 radical (unpaired) electrons. The van der Waals surface area contributed by atoms with Gasteiger partial charge < -0.3 is 5.11 Å². The molecule has 1 N–H and O–H groups in total. The largest absolute Gasteiger partial charge is 0.385 e. The Morgan fingerprint density at radius 1 is 1.27 bits per heavy atom. The third kappa shape index (κ3) is 2.05. The first-order valence-electron chi connectivity index (χ1n) is 5.40. The molecule has 1 aliphatic rings. The average Bonchev–Trinajstić information content (AvgIpc) is 2.42. The van der Waals surface area contributed by atoms with Crippen molar-refractivity contribution in [3.8, 4) is 0 Å². The van der Waals surface area contributed by atoms with Gasteiger partial charge in [0, 0.05) is 0 Å². The van der Waals surface area contributed by atoms with E-state index in [0.29, 0.717) is 12.0 Å². The molecular weight excluding hydrogens is 191 g/mol. The average molecular weight is 208 g/mol. The minimum atomic E-state index is -0.828. The number of benzene rings is 1. The topological polar surface area (TPSA) is 20.2 Å². The third-order valence-corrected chi connectivity index (χ3v) is 3.35. The summed E-state index contributed by atoms with van der Waals surface area (Å²) in [5.74, 6) is -0.273. The van der Waals surface area contributed by atoms with Crippen LogP contribution in [-0.4, -0.2) is 5.11 Å². The van der Waals surface area contributed by atoms with Crippen molar-refractivity contribution in [1.29, 1.82) is 0 Å². The maximum atomic E-state index is 13.1. The van der Waals surface area contributed by atoms with E-state index >= 15 is 0 Å². The number of hydrogen-bond acceptors (Lipinski definition) is 1. The highest BCUT2D eigenvalue weighted by molar-refractivity contribution is 5.25. The summed E-state index contributed by atoms with van der Waals surface area (Å²) in [6.45, 7) is 4.29. The van der Waals surface area contributed by atoms with Crippen LogP contribution in [0.1, 0.15) is 38.7 Å². The normalized spacial score (nSPS) is 29.3. The van der Waals surface area contributed by atoms with Crippen LogP contribution < -0.4 is 0 Å². The number of aliphatic hydroxyl groups is 1. The molecule has 0 heterocycles. The summed E-state index contributed by atoms with van der Waals surface area (Å²) in [5, 5.41) is 10.5. The Labute approximate surface area is 89.9 Å². The predicted molar refractivity (Wildman–Crippen MR) is 57.9 cm³/mol. The summed E-state index contributed by atoms with van der Waals surface area (Å²) in [6.07, 6.45) is 2.42. The zero-order valence-electron chi connectivity index (χ0n) is 9.26. The number of hydrogen-bond donors (Lipinski definition) is 1. The standard InChI is InChI=1S/C13H17FO/c1-12(2)6-7-13(15,9-12)10-4-3-5-11(14)8-10/h3-5,8,15H,6-7,9H2,1-2H3. The van der Waals surface area contributed by atoms with Crippen LogP contribution in [0.15, 0.2) is 24.3 Å². The Morgan fingerprint density at radius 2 is 2.00 bits per heavy atom. The second-order valence-corrected chi connectivity index (χ2v) is 5.38. The molecule has 1 atom stereocenters. The monoisotopic (exact) mass is 208 g/mol. The Morgan fingerprint density at radius 3 is 2.53 bits per heavy atom. The van der Waals surface area contributed by atoms with E-state index in [1.165, 1.54) is 12.1 Å². The van der Waals surface area contributed by atoms with Gasteiger partial charge in [-0.2, -0.15) is 0 Å². The summed E-state index contributed by atoms with van der Waals surface area (Å²) >= 11 is 0. The molecule has 1 nitrogen and oxygen atoms in total. The molecule has 0 amide bonds. The van der Waals surface area contributed by atoms with Crippen LogP contribution in [-0.2, 0) is 5.60 Å². The molecule has 0 spiro atoms. The van der Waals surface area contributed by atoms with Crippen LogP contribution in [0.4, 0.5) is 4.39 Å². The van der Waals surface area contributed by atoms with E-state index in [1.807, 2.05) is 6.07 Å². The van der Waals surface area contributed by atoms with Gasteiger partial charge in [0.25, 0.3) is 0 Å². The van der Waals surface area contributed by atoms with Crippen molar-refractivity contribution in [2.24, 2.45) is 5.41 Å². The SMILES string of the molecule is CC1(C)CCC(O)(c2cccc(F)c2)C1. The maximum Gasteiger partial charge on any atom is 0.123 e. The molecule has 1 unspecified atom stereocenters. The predicted octanol–water partition coefficient (Wildman–Crippen LogP) is 3.22. The second kappa shape index (κ2) is 3.31. The summed E-state index contributed by atoms with van der Waals surface area (Å²) in [6, 6.07) is 6.33. The van der Waals surface area contributed by atoms with E-state index in [9.17, 15) is 9.50 Å². The maximum absolute atomic E-state index is 13.1. The molecule has 0 aromatic heterocycles. The van der Waals surface area contributed by atoms with Gasteiger partial charge in [-0.15, -0.1) is 0 Å². The lowest BCUT2D eigenvalue weighted by Crippen LogP contribution is -2.23. The molecule has 2 heteroatoms. The molecule has 2 rings (SSSR count). The molecule has 0 bridgehead atoms. The van der Waals surface area contributed by atoms with Gasteiger partial charge in [0.2, 0.25) is 0 Å². The van der Waals surface area contributed by atoms with Crippen LogP contribution in [0, 0.1) is 11.2 Å². The zero-order chi connectivity index (χ0) is 11.1. The summed E-state index contributed by atoms with van der Waals surface area (Å²) in [4.78, 5) is 0. The lowest BCUT2D eigenvalue weighted by molar-refractivity contribution is 0.0335. The van der Waals surface area contributed by atoms with Gasteiger partial charge in [-0.25, -0.2) is 4.39 Å². The van der Waals surface area contributed by atoms with E-state index in [4.69, 9.17) is 0 Å². The first kappa shape index (κ1) is 10.6. The number of rotatable bonds is 1. The first-order valence-corrected chi connectivity index (χ1v) is 5.40. The van der Waals surface area contributed by atoms with Crippen LogP contribution in [0.2, 0.25) is 0 Å². The van der Waals surface area contributed by atoms with Gasteiger partial charge in [-0.3, -0.25) is 0 Å². The molecule has 1 aliphatic carbocycles. The van der Waals surface area contributed by atoms with Crippen LogP contribution >= 0.6 is 0 Å². The van der Waals surface area contributed by atoms with Crippen molar-refractivity contribution in [3.05, 3.63) is 35.6 Å². The Kier molecular flexibility index (Phi) is 2.34. The van der Waals surface area contributed by atoms with Gasteiger partial charge >= 0.3 is 0 Å². The Bertz CT molecular complexity index is 373. The van der Waals surface area contributed by atoms with Gasteiger partial charge in [0.1, 0.15) is 5.82 Å². The second-order valence-electron chi connectivity index (χ2n) is 5.38. The first-order chi connectivity index (χ1) is 6.91. The van der Waals surface area contributed by atoms with Crippen molar-refractivity contribution < 1.29 is 9.50 Å². The molecule has 1 saturated carbocycles. The molecule has 0 saturated heterocycles.